The first kappa shape index (κ1) is 25.1. The van der Waals surface area contributed by atoms with Crippen molar-refractivity contribution < 1.29 is 27.9 Å². The standard InChI is InChI=1S/C20H31N3O.C2HF3O2/c24-20(12-7-15-22-16-13-21-14-17-22)23(18-8-3-1-4-9-18)19-10-5-2-6-11-19;3-2(4,5)1(6)7/h1,3-4,8-9,19,21H,2,5-7,10-17H2;(H,6,7). The predicted molar refractivity (Wildman–Crippen MR) is 113 cm³/mol. The molecule has 2 aliphatic rings. The Balaban J connectivity index is 0.000000423. The van der Waals surface area contributed by atoms with E-state index in [0.717, 1.165) is 57.7 Å². The summed E-state index contributed by atoms with van der Waals surface area (Å²) in [4.78, 5) is 26.5. The van der Waals surface area contributed by atoms with Crippen molar-refractivity contribution in [1.82, 2.24) is 10.2 Å². The van der Waals surface area contributed by atoms with Crippen molar-refractivity contribution in [3.8, 4) is 0 Å². The van der Waals surface area contributed by atoms with Crippen LogP contribution in [-0.4, -0.2) is 66.8 Å². The SMILES string of the molecule is O=C(CCCN1CCNCC1)N(c1ccccc1)C1CCCCC1.O=C(O)C(F)(F)F. The van der Waals surface area contributed by atoms with Crippen LogP contribution in [0.15, 0.2) is 30.3 Å². The number of aliphatic carboxylic acids is 1. The van der Waals surface area contributed by atoms with Crippen LogP contribution >= 0.6 is 0 Å². The number of carboxylic acids is 1. The van der Waals surface area contributed by atoms with Gasteiger partial charge < -0.3 is 20.2 Å². The highest BCUT2D eigenvalue weighted by atomic mass is 19.4. The van der Waals surface area contributed by atoms with Crippen molar-refractivity contribution in [2.24, 2.45) is 0 Å². The molecule has 1 saturated carbocycles. The van der Waals surface area contributed by atoms with Gasteiger partial charge in [0.25, 0.3) is 0 Å². The van der Waals surface area contributed by atoms with Gasteiger partial charge in [0.15, 0.2) is 0 Å². The number of rotatable bonds is 6. The molecule has 0 bridgehead atoms. The number of carboxylic acid groups (broad SMARTS) is 1. The molecule has 0 atom stereocenters. The number of benzene rings is 1. The smallest absolute Gasteiger partial charge is 0.475 e. The summed E-state index contributed by atoms with van der Waals surface area (Å²) in [6.07, 6.45) is 2.67. The van der Waals surface area contributed by atoms with Gasteiger partial charge >= 0.3 is 12.1 Å². The molecule has 3 rings (SSSR count). The van der Waals surface area contributed by atoms with Crippen LogP contribution in [0.4, 0.5) is 18.9 Å². The number of hydrogen-bond acceptors (Lipinski definition) is 4. The fourth-order valence-corrected chi connectivity index (χ4v) is 4.00. The highest BCUT2D eigenvalue weighted by Crippen LogP contribution is 2.28. The minimum Gasteiger partial charge on any atom is -0.475 e. The maximum absolute atomic E-state index is 13.0. The summed E-state index contributed by atoms with van der Waals surface area (Å²) >= 11 is 0. The molecule has 1 aliphatic carbocycles. The molecule has 1 aliphatic heterocycles. The van der Waals surface area contributed by atoms with E-state index in [1.807, 2.05) is 18.2 Å². The normalized spacial score (nSPS) is 18.0. The number of para-hydroxylation sites is 1. The lowest BCUT2D eigenvalue weighted by Crippen LogP contribution is -2.44. The Morgan fingerprint density at radius 2 is 1.65 bits per heavy atom. The predicted octanol–water partition coefficient (Wildman–Crippen LogP) is 3.67. The second kappa shape index (κ2) is 12.7. The van der Waals surface area contributed by atoms with Crippen molar-refractivity contribution in [2.75, 3.05) is 37.6 Å². The van der Waals surface area contributed by atoms with Crippen molar-refractivity contribution in [3.05, 3.63) is 30.3 Å². The lowest BCUT2D eigenvalue weighted by Gasteiger charge is -2.35. The third kappa shape index (κ3) is 8.86. The first-order chi connectivity index (χ1) is 14.8. The van der Waals surface area contributed by atoms with Gasteiger partial charge in [-0.1, -0.05) is 37.5 Å². The van der Waals surface area contributed by atoms with Gasteiger partial charge in [0, 0.05) is 44.3 Å². The van der Waals surface area contributed by atoms with Crippen molar-refractivity contribution in [1.29, 1.82) is 0 Å². The second-order valence-corrected chi connectivity index (χ2v) is 7.89. The van der Waals surface area contributed by atoms with Crippen LogP contribution in [-0.2, 0) is 9.59 Å². The van der Waals surface area contributed by atoms with Crippen molar-refractivity contribution in [3.63, 3.8) is 0 Å². The van der Waals surface area contributed by atoms with E-state index in [2.05, 4.69) is 27.2 Å². The molecule has 1 aromatic rings. The van der Waals surface area contributed by atoms with Gasteiger partial charge in [-0.2, -0.15) is 13.2 Å². The van der Waals surface area contributed by atoms with Crippen molar-refractivity contribution >= 4 is 17.6 Å². The number of amides is 1. The Bertz CT molecular complexity index is 674. The summed E-state index contributed by atoms with van der Waals surface area (Å²) < 4.78 is 31.7. The Morgan fingerprint density at radius 3 is 2.19 bits per heavy atom. The molecule has 0 radical (unpaired) electrons. The minimum absolute atomic E-state index is 0.309. The molecule has 1 heterocycles. The molecule has 0 unspecified atom stereocenters. The van der Waals surface area contributed by atoms with Crippen LogP contribution in [0.1, 0.15) is 44.9 Å². The van der Waals surface area contributed by atoms with E-state index < -0.39 is 12.1 Å². The monoisotopic (exact) mass is 443 g/mol. The third-order valence-electron chi connectivity index (χ3n) is 5.56. The van der Waals surface area contributed by atoms with E-state index in [0.29, 0.717) is 18.4 Å². The Hall–Kier alpha value is -2.13. The minimum atomic E-state index is -5.08. The van der Waals surface area contributed by atoms with E-state index in [4.69, 9.17) is 9.90 Å². The number of anilines is 1. The summed E-state index contributed by atoms with van der Waals surface area (Å²) in [5, 5.41) is 10.5. The highest BCUT2D eigenvalue weighted by Gasteiger charge is 2.38. The topological polar surface area (TPSA) is 72.9 Å². The van der Waals surface area contributed by atoms with Crippen LogP contribution < -0.4 is 10.2 Å². The molecular formula is C22H32F3N3O3. The fourth-order valence-electron chi connectivity index (χ4n) is 4.00. The summed E-state index contributed by atoms with van der Waals surface area (Å²) in [6, 6.07) is 10.7. The molecule has 1 amide bonds. The Labute approximate surface area is 181 Å². The number of halogens is 3. The van der Waals surface area contributed by atoms with Gasteiger partial charge in [-0.15, -0.1) is 0 Å². The summed E-state index contributed by atoms with van der Waals surface area (Å²) in [7, 11) is 0. The molecule has 31 heavy (non-hydrogen) atoms. The zero-order valence-corrected chi connectivity index (χ0v) is 17.7. The molecule has 1 aromatic carbocycles. The molecule has 9 heteroatoms. The first-order valence-corrected chi connectivity index (χ1v) is 10.9. The van der Waals surface area contributed by atoms with Crippen LogP contribution in [0.2, 0.25) is 0 Å². The number of hydrogen-bond donors (Lipinski definition) is 2. The van der Waals surface area contributed by atoms with Crippen LogP contribution in [0.5, 0.6) is 0 Å². The van der Waals surface area contributed by atoms with E-state index >= 15 is 0 Å². The van der Waals surface area contributed by atoms with E-state index in [9.17, 15) is 18.0 Å². The first-order valence-electron chi connectivity index (χ1n) is 10.9. The van der Waals surface area contributed by atoms with Gasteiger partial charge in [-0.05, 0) is 37.9 Å². The average Bonchev–Trinajstić information content (AvgIpc) is 2.76. The number of nitrogens with one attached hydrogen (secondary N) is 1. The molecule has 1 saturated heterocycles. The summed E-state index contributed by atoms with van der Waals surface area (Å²) in [5.74, 6) is -2.45. The molecule has 6 nitrogen and oxygen atoms in total. The molecular weight excluding hydrogens is 411 g/mol. The lowest BCUT2D eigenvalue weighted by molar-refractivity contribution is -0.192. The maximum Gasteiger partial charge on any atom is 0.490 e. The van der Waals surface area contributed by atoms with Gasteiger partial charge in [0.05, 0.1) is 0 Å². The van der Waals surface area contributed by atoms with Gasteiger partial charge in [-0.25, -0.2) is 4.79 Å². The zero-order chi connectivity index (χ0) is 22.7. The molecule has 174 valence electrons. The summed E-state index contributed by atoms with van der Waals surface area (Å²) in [5.41, 5.74) is 1.08. The summed E-state index contributed by atoms with van der Waals surface area (Å²) in [6.45, 7) is 5.41. The van der Waals surface area contributed by atoms with Gasteiger partial charge in [-0.3, -0.25) is 4.79 Å². The average molecular weight is 444 g/mol. The quantitative estimate of drug-likeness (QED) is 0.702. The van der Waals surface area contributed by atoms with Crippen LogP contribution in [0.3, 0.4) is 0 Å². The second-order valence-electron chi connectivity index (χ2n) is 7.89. The zero-order valence-electron chi connectivity index (χ0n) is 17.7. The van der Waals surface area contributed by atoms with Gasteiger partial charge in [0.2, 0.25) is 5.91 Å². The Morgan fingerprint density at radius 1 is 1.06 bits per heavy atom. The van der Waals surface area contributed by atoms with E-state index in [1.54, 1.807) is 0 Å². The molecule has 0 spiro atoms. The largest absolute Gasteiger partial charge is 0.490 e. The molecule has 0 aromatic heterocycles. The number of alkyl halides is 3. The van der Waals surface area contributed by atoms with Crippen LogP contribution in [0.25, 0.3) is 0 Å². The fraction of sp³-hybridized carbons (Fsp3) is 0.636. The number of piperazine rings is 1. The molecule has 2 fully saturated rings. The number of carbonyl (C=O) groups excluding carboxylic acids is 1. The van der Waals surface area contributed by atoms with Gasteiger partial charge in [0.1, 0.15) is 0 Å². The lowest BCUT2D eigenvalue weighted by atomic mass is 9.93. The van der Waals surface area contributed by atoms with Crippen LogP contribution in [0, 0.1) is 0 Å². The third-order valence-corrected chi connectivity index (χ3v) is 5.56. The highest BCUT2D eigenvalue weighted by molar-refractivity contribution is 5.93. The molecule has 2 N–H and O–H groups in total. The number of nitrogens with zero attached hydrogens (tertiary/aromatic N) is 2. The van der Waals surface area contributed by atoms with Crippen molar-refractivity contribution in [2.45, 2.75) is 57.2 Å². The maximum atomic E-state index is 13.0. The Kier molecular flexibility index (Phi) is 10.3. The van der Waals surface area contributed by atoms with E-state index in [1.165, 1.54) is 19.3 Å². The van der Waals surface area contributed by atoms with E-state index in [-0.39, 0.29) is 0 Å². The number of carbonyl (C=O) groups is 2.